The summed E-state index contributed by atoms with van der Waals surface area (Å²) >= 11 is 0. The normalized spacial score (nSPS) is 9.62. The van der Waals surface area contributed by atoms with E-state index in [-0.39, 0.29) is 0 Å². The molecule has 4 heteroatoms. The van der Waals surface area contributed by atoms with Crippen molar-refractivity contribution in [1.82, 2.24) is 0 Å². The van der Waals surface area contributed by atoms with Crippen LogP contribution >= 0.6 is 0 Å². The highest BCUT2D eigenvalue weighted by Crippen LogP contribution is 2.16. The third-order valence-corrected chi connectivity index (χ3v) is 1.79. The number of hydrogen-bond donors (Lipinski definition) is 2. The van der Waals surface area contributed by atoms with E-state index in [4.69, 9.17) is 0 Å². The van der Waals surface area contributed by atoms with Gasteiger partial charge in [0.25, 0.3) is 0 Å². The molecule has 0 aliphatic heterocycles. The number of benzene rings is 2. The van der Waals surface area contributed by atoms with Crippen LogP contribution in [0.15, 0.2) is 70.9 Å². The van der Waals surface area contributed by atoms with Crippen molar-refractivity contribution in [3.63, 3.8) is 0 Å². The van der Waals surface area contributed by atoms with Crippen LogP contribution < -0.4 is 11.7 Å². The van der Waals surface area contributed by atoms with Gasteiger partial charge in [-0.05, 0) is 24.3 Å². The molecule has 0 spiro atoms. The van der Waals surface area contributed by atoms with E-state index in [0.717, 1.165) is 11.4 Å². The first kappa shape index (κ1) is 12.0. The summed E-state index contributed by atoms with van der Waals surface area (Å²) in [5.41, 5.74) is 1.74. The Hall–Kier alpha value is -2.04. The Kier molecular flexibility index (Phi) is 5.47. The molecule has 0 aliphatic carbocycles. The molecule has 0 unspecified atom stereocenters. The minimum atomic E-state index is 0.872. The van der Waals surface area contributed by atoms with Gasteiger partial charge in [0.1, 0.15) is 0 Å². The second kappa shape index (κ2) is 7.28. The predicted molar refractivity (Wildman–Crippen MR) is 65.4 cm³/mol. The average Bonchev–Trinajstić information content (AvgIpc) is 2.41. The van der Waals surface area contributed by atoms with Crippen molar-refractivity contribution in [2.45, 2.75) is 0 Å². The van der Waals surface area contributed by atoms with Gasteiger partial charge in [0.15, 0.2) is 0 Å². The molecule has 16 heavy (non-hydrogen) atoms. The van der Waals surface area contributed by atoms with Crippen LogP contribution in [0.1, 0.15) is 0 Å². The fraction of sp³-hybridized carbons (Fsp3) is 0. The SMILES string of the molecule is NN.c1ccc(N=Nc2ccccc2)cc1. The molecule has 0 heterocycles. The highest BCUT2D eigenvalue weighted by Gasteiger charge is 1.86. The molecule has 4 N–H and O–H groups in total. The lowest BCUT2D eigenvalue weighted by Gasteiger charge is -1.91. The minimum Gasteiger partial charge on any atom is -0.274 e. The largest absolute Gasteiger partial charge is 0.274 e. The van der Waals surface area contributed by atoms with Crippen LogP contribution in [0.5, 0.6) is 0 Å². The highest BCUT2D eigenvalue weighted by molar-refractivity contribution is 5.39. The summed E-state index contributed by atoms with van der Waals surface area (Å²) in [5, 5.41) is 8.20. The summed E-state index contributed by atoms with van der Waals surface area (Å²) in [6.07, 6.45) is 0. The zero-order valence-electron chi connectivity index (χ0n) is 8.82. The Morgan fingerprint density at radius 3 is 1.19 bits per heavy atom. The Morgan fingerprint density at radius 2 is 0.875 bits per heavy atom. The molecule has 0 aliphatic rings. The summed E-state index contributed by atoms with van der Waals surface area (Å²) in [7, 11) is 0. The molecule has 0 saturated heterocycles. The van der Waals surface area contributed by atoms with Crippen molar-refractivity contribution in [1.29, 1.82) is 0 Å². The Bertz CT molecular complexity index is 370. The zero-order chi connectivity index (χ0) is 11.6. The number of rotatable bonds is 2. The fourth-order valence-electron chi connectivity index (χ4n) is 1.10. The fourth-order valence-corrected chi connectivity index (χ4v) is 1.10. The lowest BCUT2D eigenvalue weighted by Crippen LogP contribution is -2.02. The molecule has 0 fully saturated rings. The van der Waals surface area contributed by atoms with Gasteiger partial charge < -0.3 is 0 Å². The van der Waals surface area contributed by atoms with E-state index in [2.05, 4.69) is 21.9 Å². The maximum atomic E-state index is 4.10. The van der Waals surface area contributed by atoms with Crippen LogP contribution in [0.3, 0.4) is 0 Å². The summed E-state index contributed by atoms with van der Waals surface area (Å²) in [4.78, 5) is 0. The van der Waals surface area contributed by atoms with E-state index >= 15 is 0 Å². The number of hydrazine groups is 1. The van der Waals surface area contributed by atoms with Gasteiger partial charge in [0.2, 0.25) is 0 Å². The number of azo groups is 1. The van der Waals surface area contributed by atoms with Gasteiger partial charge in [-0.2, -0.15) is 10.2 Å². The quantitative estimate of drug-likeness (QED) is 0.458. The average molecular weight is 214 g/mol. The van der Waals surface area contributed by atoms with E-state index in [9.17, 15) is 0 Å². The van der Waals surface area contributed by atoms with Crippen molar-refractivity contribution in [3.8, 4) is 0 Å². The number of nitrogens with two attached hydrogens (primary N) is 2. The van der Waals surface area contributed by atoms with Gasteiger partial charge in [-0.3, -0.25) is 11.7 Å². The molecular formula is C12H14N4. The van der Waals surface area contributed by atoms with Crippen molar-refractivity contribution in [2.24, 2.45) is 21.9 Å². The Morgan fingerprint density at radius 1 is 0.562 bits per heavy atom. The monoisotopic (exact) mass is 214 g/mol. The molecule has 2 aromatic rings. The van der Waals surface area contributed by atoms with Crippen molar-refractivity contribution >= 4 is 11.4 Å². The molecule has 2 rings (SSSR count). The lowest BCUT2D eigenvalue weighted by molar-refractivity contribution is 1.23. The highest BCUT2D eigenvalue weighted by atomic mass is 15.1. The maximum Gasteiger partial charge on any atom is 0.0857 e. The summed E-state index contributed by atoms with van der Waals surface area (Å²) < 4.78 is 0. The van der Waals surface area contributed by atoms with Crippen LogP contribution in [-0.2, 0) is 0 Å². The Balaban J connectivity index is 0.000000606. The first-order chi connectivity index (χ1) is 7.95. The van der Waals surface area contributed by atoms with E-state index in [1.807, 2.05) is 60.7 Å². The third-order valence-electron chi connectivity index (χ3n) is 1.79. The number of nitrogens with zero attached hydrogens (tertiary/aromatic N) is 2. The van der Waals surface area contributed by atoms with Gasteiger partial charge in [-0.25, -0.2) is 0 Å². The van der Waals surface area contributed by atoms with Crippen LogP contribution in [-0.4, -0.2) is 0 Å². The molecular weight excluding hydrogens is 200 g/mol. The van der Waals surface area contributed by atoms with Gasteiger partial charge in [-0.1, -0.05) is 36.4 Å². The molecule has 0 saturated carbocycles. The summed E-state index contributed by atoms with van der Waals surface area (Å²) in [6.45, 7) is 0. The molecule has 4 nitrogen and oxygen atoms in total. The molecule has 0 atom stereocenters. The lowest BCUT2D eigenvalue weighted by atomic mass is 10.3. The predicted octanol–water partition coefficient (Wildman–Crippen LogP) is 2.92. The van der Waals surface area contributed by atoms with Crippen molar-refractivity contribution in [2.75, 3.05) is 0 Å². The summed E-state index contributed by atoms with van der Waals surface area (Å²) in [5.74, 6) is 8.00. The molecule has 0 amide bonds. The van der Waals surface area contributed by atoms with E-state index in [1.165, 1.54) is 0 Å². The third kappa shape index (κ3) is 4.00. The number of hydrogen-bond acceptors (Lipinski definition) is 4. The Labute approximate surface area is 94.6 Å². The van der Waals surface area contributed by atoms with Gasteiger partial charge in [0, 0.05) is 0 Å². The van der Waals surface area contributed by atoms with Gasteiger partial charge in [-0.15, -0.1) is 0 Å². The summed E-state index contributed by atoms with van der Waals surface area (Å²) in [6, 6.07) is 19.4. The smallest absolute Gasteiger partial charge is 0.0857 e. The standard InChI is InChI=1S/C12H10N2.H4N2/c1-3-7-11(8-4-1)13-14-12-9-5-2-6-10-12;1-2/h1-10H;1-2H2. The second-order valence-electron chi connectivity index (χ2n) is 2.87. The zero-order valence-corrected chi connectivity index (χ0v) is 8.82. The first-order valence-corrected chi connectivity index (χ1v) is 4.80. The van der Waals surface area contributed by atoms with Gasteiger partial charge >= 0.3 is 0 Å². The van der Waals surface area contributed by atoms with Crippen LogP contribution in [0.2, 0.25) is 0 Å². The second-order valence-corrected chi connectivity index (χ2v) is 2.87. The van der Waals surface area contributed by atoms with E-state index in [0.29, 0.717) is 0 Å². The van der Waals surface area contributed by atoms with Crippen LogP contribution in [0.25, 0.3) is 0 Å². The van der Waals surface area contributed by atoms with Gasteiger partial charge in [0.05, 0.1) is 11.4 Å². The molecule has 0 radical (unpaired) electrons. The molecule has 82 valence electrons. The maximum absolute atomic E-state index is 4.10. The first-order valence-electron chi connectivity index (χ1n) is 4.80. The molecule has 0 aromatic heterocycles. The molecule has 2 aromatic carbocycles. The van der Waals surface area contributed by atoms with Crippen molar-refractivity contribution in [3.05, 3.63) is 60.7 Å². The van der Waals surface area contributed by atoms with Crippen molar-refractivity contribution < 1.29 is 0 Å². The van der Waals surface area contributed by atoms with Crippen LogP contribution in [0.4, 0.5) is 11.4 Å². The van der Waals surface area contributed by atoms with Crippen LogP contribution in [0, 0.1) is 0 Å². The topological polar surface area (TPSA) is 76.8 Å². The van der Waals surface area contributed by atoms with E-state index < -0.39 is 0 Å². The minimum absolute atomic E-state index is 0.872. The van der Waals surface area contributed by atoms with E-state index in [1.54, 1.807) is 0 Å². The molecule has 0 bridgehead atoms.